The molecule has 0 heterocycles. The molecule has 5 nitrogen and oxygen atoms in total. The van der Waals surface area contributed by atoms with Crippen LogP contribution in [-0.4, -0.2) is 31.0 Å². The predicted molar refractivity (Wildman–Crippen MR) is 107 cm³/mol. The molecular weight excluding hydrogens is 340 g/mol. The highest BCUT2D eigenvalue weighted by atomic mass is 16.5. The molecule has 27 heavy (non-hydrogen) atoms. The summed E-state index contributed by atoms with van der Waals surface area (Å²) in [5, 5.41) is 5.77. The van der Waals surface area contributed by atoms with Crippen LogP contribution in [0.3, 0.4) is 0 Å². The third kappa shape index (κ3) is 6.13. The Bertz CT molecular complexity index is 744. The van der Waals surface area contributed by atoms with E-state index in [1.54, 1.807) is 18.2 Å². The van der Waals surface area contributed by atoms with Crippen LogP contribution in [0.25, 0.3) is 0 Å². The van der Waals surface area contributed by atoms with E-state index in [0.29, 0.717) is 24.5 Å². The average Bonchev–Trinajstić information content (AvgIpc) is 2.67. The summed E-state index contributed by atoms with van der Waals surface area (Å²) in [6, 6.07) is 16.4. The molecule has 0 unspecified atom stereocenters. The molecule has 0 aromatic heterocycles. The Morgan fingerprint density at radius 2 is 1.67 bits per heavy atom. The Balaban J connectivity index is 1.98. The molecule has 0 radical (unpaired) electrons. The number of nitrogens with one attached hydrogen (secondary N) is 2. The Labute approximate surface area is 161 Å². The lowest BCUT2D eigenvalue weighted by Gasteiger charge is -2.22. The SMILES string of the molecule is CCOc1ccccc1C(=O)N[C@H](C(=O)NCCc1ccccc1)C(C)C. The van der Waals surface area contributed by atoms with Crippen LogP contribution in [0.5, 0.6) is 5.75 Å². The van der Waals surface area contributed by atoms with Crippen LogP contribution in [0.2, 0.25) is 0 Å². The first-order valence-electron chi connectivity index (χ1n) is 9.37. The second-order valence-corrected chi connectivity index (χ2v) is 6.65. The van der Waals surface area contributed by atoms with Gasteiger partial charge >= 0.3 is 0 Å². The van der Waals surface area contributed by atoms with Crippen molar-refractivity contribution >= 4 is 11.8 Å². The van der Waals surface area contributed by atoms with Gasteiger partial charge in [0.1, 0.15) is 11.8 Å². The fourth-order valence-electron chi connectivity index (χ4n) is 2.77. The van der Waals surface area contributed by atoms with E-state index in [0.717, 1.165) is 12.0 Å². The normalized spacial score (nSPS) is 11.7. The maximum atomic E-state index is 12.7. The molecule has 2 rings (SSSR count). The molecule has 5 heteroatoms. The zero-order valence-electron chi connectivity index (χ0n) is 16.2. The van der Waals surface area contributed by atoms with E-state index in [4.69, 9.17) is 4.74 Å². The highest BCUT2D eigenvalue weighted by Gasteiger charge is 2.25. The molecule has 2 aromatic carbocycles. The van der Waals surface area contributed by atoms with Crippen molar-refractivity contribution < 1.29 is 14.3 Å². The summed E-state index contributed by atoms with van der Waals surface area (Å²) in [4.78, 5) is 25.3. The van der Waals surface area contributed by atoms with Crippen molar-refractivity contribution in [3.8, 4) is 5.75 Å². The third-order valence-electron chi connectivity index (χ3n) is 4.22. The monoisotopic (exact) mass is 368 g/mol. The van der Waals surface area contributed by atoms with Crippen LogP contribution in [0, 0.1) is 5.92 Å². The molecule has 0 aliphatic heterocycles. The van der Waals surface area contributed by atoms with Gasteiger partial charge in [-0.05, 0) is 37.0 Å². The molecule has 0 fully saturated rings. The predicted octanol–water partition coefficient (Wildman–Crippen LogP) is 3.20. The van der Waals surface area contributed by atoms with Gasteiger partial charge in [-0.2, -0.15) is 0 Å². The first kappa shape index (κ1) is 20.5. The molecule has 1 atom stereocenters. The van der Waals surface area contributed by atoms with Gasteiger partial charge in [0.2, 0.25) is 5.91 Å². The fraction of sp³-hybridized carbons (Fsp3) is 0.364. The molecule has 0 bridgehead atoms. The molecule has 0 aliphatic rings. The van der Waals surface area contributed by atoms with Crippen LogP contribution in [0.1, 0.15) is 36.7 Å². The quantitative estimate of drug-likeness (QED) is 0.714. The van der Waals surface area contributed by atoms with Crippen LogP contribution in [-0.2, 0) is 11.2 Å². The lowest BCUT2D eigenvalue weighted by molar-refractivity contribution is -0.123. The van der Waals surface area contributed by atoms with Gasteiger partial charge in [-0.25, -0.2) is 0 Å². The zero-order valence-corrected chi connectivity index (χ0v) is 16.2. The van der Waals surface area contributed by atoms with Crippen molar-refractivity contribution in [3.63, 3.8) is 0 Å². The smallest absolute Gasteiger partial charge is 0.255 e. The Hall–Kier alpha value is -2.82. The Kier molecular flexibility index (Phi) is 7.86. The summed E-state index contributed by atoms with van der Waals surface area (Å²) in [6.45, 7) is 6.69. The van der Waals surface area contributed by atoms with Crippen molar-refractivity contribution in [2.75, 3.05) is 13.2 Å². The van der Waals surface area contributed by atoms with E-state index < -0.39 is 6.04 Å². The minimum atomic E-state index is -0.608. The maximum absolute atomic E-state index is 12.7. The van der Waals surface area contributed by atoms with E-state index in [-0.39, 0.29) is 17.7 Å². The average molecular weight is 368 g/mol. The largest absolute Gasteiger partial charge is 0.493 e. The first-order valence-corrected chi connectivity index (χ1v) is 9.37. The standard InChI is InChI=1S/C22H28N2O3/c1-4-27-19-13-9-8-12-18(19)21(25)24-20(16(2)3)22(26)23-15-14-17-10-6-5-7-11-17/h5-13,16,20H,4,14-15H2,1-3H3,(H,23,26)(H,24,25)/t20-/m0/s1. The molecule has 2 aromatic rings. The van der Waals surface area contributed by atoms with Crippen molar-refractivity contribution in [2.24, 2.45) is 5.92 Å². The van der Waals surface area contributed by atoms with E-state index >= 15 is 0 Å². The molecule has 0 saturated heterocycles. The van der Waals surface area contributed by atoms with Gasteiger partial charge in [-0.3, -0.25) is 9.59 Å². The van der Waals surface area contributed by atoms with Crippen molar-refractivity contribution in [2.45, 2.75) is 33.2 Å². The number of rotatable bonds is 9. The van der Waals surface area contributed by atoms with Gasteiger partial charge < -0.3 is 15.4 Å². The highest BCUT2D eigenvalue weighted by molar-refractivity contribution is 5.99. The fourth-order valence-corrected chi connectivity index (χ4v) is 2.77. The second kappa shape index (κ2) is 10.4. The Morgan fingerprint density at radius 3 is 2.33 bits per heavy atom. The van der Waals surface area contributed by atoms with E-state index in [1.807, 2.05) is 57.2 Å². The number of hydrogen-bond donors (Lipinski definition) is 2. The Morgan fingerprint density at radius 1 is 1.00 bits per heavy atom. The minimum absolute atomic E-state index is 0.0371. The van der Waals surface area contributed by atoms with Gasteiger partial charge in [0.05, 0.1) is 12.2 Å². The number of carbonyl (C=O) groups is 2. The molecule has 144 valence electrons. The first-order chi connectivity index (χ1) is 13.0. The molecular formula is C22H28N2O3. The van der Waals surface area contributed by atoms with Crippen LogP contribution >= 0.6 is 0 Å². The molecule has 0 spiro atoms. The molecule has 0 aliphatic carbocycles. The van der Waals surface area contributed by atoms with Crippen molar-refractivity contribution in [1.82, 2.24) is 10.6 Å². The third-order valence-corrected chi connectivity index (χ3v) is 4.22. The van der Waals surface area contributed by atoms with Gasteiger partial charge in [0.25, 0.3) is 5.91 Å². The summed E-state index contributed by atoms with van der Waals surface area (Å²) >= 11 is 0. The van der Waals surface area contributed by atoms with Gasteiger partial charge in [0.15, 0.2) is 0 Å². The number of benzene rings is 2. The summed E-state index contributed by atoms with van der Waals surface area (Å²) in [5.74, 6) is -0.00597. The topological polar surface area (TPSA) is 67.4 Å². The summed E-state index contributed by atoms with van der Waals surface area (Å²) in [6.07, 6.45) is 0.749. The second-order valence-electron chi connectivity index (χ2n) is 6.65. The maximum Gasteiger partial charge on any atom is 0.255 e. The van der Waals surface area contributed by atoms with E-state index in [9.17, 15) is 9.59 Å². The van der Waals surface area contributed by atoms with Crippen molar-refractivity contribution in [3.05, 3.63) is 65.7 Å². The number of ether oxygens (including phenoxy) is 1. The number of hydrogen-bond acceptors (Lipinski definition) is 3. The lowest BCUT2D eigenvalue weighted by atomic mass is 10.0. The van der Waals surface area contributed by atoms with Crippen LogP contribution in [0.4, 0.5) is 0 Å². The summed E-state index contributed by atoms with van der Waals surface area (Å²) in [7, 11) is 0. The summed E-state index contributed by atoms with van der Waals surface area (Å²) < 4.78 is 5.51. The van der Waals surface area contributed by atoms with Crippen LogP contribution < -0.4 is 15.4 Å². The van der Waals surface area contributed by atoms with Gasteiger partial charge in [-0.1, -0.05) is 56.3 Å². The minimum Gasteiger partial charge on any atom is -0.493 e. The number of para-hydroxylation sites is 1. The van der Waals surface area contributed by atoms with E-state index in [1.165, 1.54) is 0 Å². The molecule has 0 saturated carbocycles. The molecule has 2 amide bonds. The van der Waals surface area contributed by atoms with Crippen molar-refractivity contribution in [1.29, 1.82) is 0 Å². The number of carbonyl (C=O) groups excluding carboxylic acids is 2. The van der Waals surface area contributed by atoms with Gasteiger partial charge in [-0.15, -0.1) is 0 Å². The van der Waals surface area contributed by atoms with Gasteiger partial charge in [0, 0.05) is 6.54 Å². The van der Waals surface area contributed by atoms with E-state index in [2.05, 4.69) is 10.6 Å². The zero-order chi connectivity index (χ0) is 19.6. The number of amides is 2. The molecule has 2 N–H and O–H groups in total. The summed E-state index contributed by atoms with van der Waals surface area (Å²) in [5.41, 5.74) is 1.59. The lowest BCUT2D eigenvalue weighted by Crippen LogP contribution is -2.50. The highest BCUT2D eigenvalue weighted by Crippen LogP contribution is 2.18. The van der Waals surface area contributed by atoms with Crippen LogP contribution in [0.15, 0.2) is 54.6 Å².